The molecule has 1 aromatic rings. The average molecular weight is 224 g/mol. The first-order valence-electron chi connectivity index (χ1n) is 6.03. The van der Waals surface area contributed by atoms with Gasteiger partial charge in [-0.2, -0.15) is 5.10 Å². The van der Waals surface area contributed by atoms with Gasteiger partial charge in [0.25, 0.3) is 0 Å². The zero-order valence-corrected chi connectivity index (χ0v) is 10.9. The van der Waals surface area contributed by atoms with Crippen LogP contribution in [0.5, 0.6) is 0 Å². The summed E-state index contributed by atoms with van der Waals surface area (Å²) in [5.41, 5.74) is 1.27. The Balaban J connectivity index is 2.34. The maximum Gasteiger partial charge on any atom is 0.0522 e. The number of aryl methyl sites for hydroxylation is 1. The number of hydrogen-bond donors (Lipinski definition) is 1. The zero-order valence-electron chi connectivity index (χ0n) is 10.9. The largest absolute Gasteiger partial charge is 0.310 e. The summed E-state index contributed by atoms with van der Waals surface area (Å²) in [7, 11) is 4.21. The molecule has 1 rings (SSSR count). The van der Waals surface area contributed by atoms with Gasteiger partial charge in [-0.05, 0) is 33.5 Å². The Labute approximate surface area is 98.6 Å². The van der Waals surface area contributed by atoms with Crippen molar-refractivity contribution >= 4 is 0 Å². The predicted molar refractivity (Wildman–Crippen MR) is 67.4 cm³/mol. The molecule has 1 unspecified atom stereocenters. The minimum absolute atomic E-state index is 0.558. The van der Waals surface area contributed by atoms with Gasteiger partial charge in [0.2, 0.25) is 0 Å². The molecule has 1 N–H and O–H groups in total. The highest BCUT2D eigenvalue weighted by molar-refractivity contribution is 5.00. The molecule has 0 bridgehead atoms. The number of likely N-dealkylation sites (N-methyl/N-ethyl adjacent to an activating group) is 1. The van der Waals surface area contributed by atoms with Crippen molar-refractivity contribution in [2.75, 3.05) is 20.6 Å². The monoisotopic (exact) mass is 224 g/mol. The van der Waals surface area contributed by atoms with Gasteiger partial charge in [-0.3, -0.25) is 4.68 Å². The molecule has 0 radical (unpaired) electrons. The summed E-state index contributed by atoms with van der Waals surface area (Å²) in [6.07, 6.45) is 3.00. The third kappa shape index (κ3) is 3.94. The Morgan fingerprint density at radius 3 is 2.88 bits per heavy atom. The predicted octanol–water partition coefficient (Wildman–Crippen LogP) is 1.33. The Kier molecular flexibility index (Phi) is 5.49. The molecule has 0 saturated heterocycles. The lowest BCUT2D eigenvalue weighted by atomic mass is 10.3. The SMILES string of the molecule is CCCn1nccc1CNCC(C)N(C)C. The fourth-order valence-corrected chi connectivity index (χ4v) is 1.52. The minimum Gasteiger partial charge on any atom is -0.310 e. The van der Waals surface area contributed by atoms with E-state index in [-0.39, 0.29) is 0 Å². The topological polar surface area (TPSA) is 33.1 Å². The summed E-state index contributed by atoms with van der Waals surface area (Å²) in [5, 5.41) is 7.77. The smallest absolute Gasteiger partial charge is 0.0522 e. The molecular weight excluding hydrogens is 200 g/mol. The Bertz CT molecular complexity index is 293. The molecule has 0 saturated carbocycles. The lowest BCUT2D eigenvalue weighted by molar-refractivity contribution is 0.301. The summed E-state index contributed by atoms with van der Waals surface area (Å²) < 4.78 is 2.08. The Hall–Kier alpha value is -0.870. The van der Waals surface area contributed by atoms with E-state index in [9.17, 15) is 0 Å². The number of aromatic nitrogens is 2. The van der Waals surface area contributed by atoms with Crippen LogP contribution in [0.1, 0.15) is 26.0 Å². The van der Waals surface area contributed by atoms with Gasteiger partial charge >= 0.3 is 0 Å². The van der Waals surface area contributed by atoms with Crippen LogP contribution in [0.25, 0.3) is 0 Å². The second-order valence-corrected chi connectivity index (χ2v) is 4.49. The van der Waals surface area contributed by atoms with Gasteiger partial charge in [-0.15, -0.1) is 0 Å². The first-order valence-corrected chi connectivity index (χ1v) is 6.03. The average Bonchev–Trinajstić information content (AvgIpc) is 2.66. The third-order valence-corrected chi connectivity index (χ3v) is 2.87. The van der Waals surface area contributed by atoms with E-state index >= 15 is 0 Å². The van der Waals surface area contributed by atoms with Gasteiger partial charge in [0.05, 0.1) is 5.69 Å². The van der Waals surface area contributed by atoms with Crippen LogP contribution in [0, 0.1) is 0 Å². The van der Waals surface area contributed by atoms with Crippen molar-refractivity contribution in [3.63, 3.8) is 0 Å². The Morgan fingerprint density at radius 1 is 1.50 bits per heavy atom. The fraction of sp³-hybridized carbons (Fsp3) is 0.750. The van der Waals surface area contributed by atoms with E-state index in [2.05, 4.69) is 54.0 Å². The maximum absolute atomic E-state index is 4.31. The van der Waals surface area contributed by atoms with E-state index in [0.29, 0.717) is 6.04 Å². The van der Waals surface area contributed by atoms with Gasteiger partial charge in [0.1, 0.15) is 0 Å². The standard InChI is InChI=1S/C12H24N4/c1-5-8-16-12(6-7-14-16)10-13-9-11(2)15(3)4/h6-7,11,13H,5,8-10H2,1-4H3. The van der Waals surface area contributed by atoms with Crippen LogP contribution >= 0.6 is 0 Å². The quantitative estimate of drug-likeness (QED) is 0.758. The van der Waals surface area contributed by atoms with Crippen molar-refractivity contribution in [2.24, 2.45) is 0 Å². The summed E-state index contributed by atoms with van der Waals surface area (Å²) >= 11 is 0. The summed E-state index contributed by atoms with van der Waals surface area (Å²) in [5.74, 6) is 0. The molecule has 0 aliphatic heterocycles. The highest BCUT2D eigenvalue weighted by Gasteiger charge is 2.05. The van der Waals surface area contributed by atoms with Gasteiger partial charge in [0.15, 0.2) is 0 Å². The number of nitrogens with zero attached hydrogens (tertiary/aromatic N) is 3. The number of hydrogen-bond acceptors (Lipinski definition) is 3. The zero-order chi connectivity index (χ0) is 12.0. The maximum atomic E-state index is 4.31. The molecule has 4 heteroatoms. The fourth-order valence-electron chi connectivity index (χ4n) is 1.52. The number of nitrogens with one attached hydrogen (secondary N) is 1. The molecule has 1 aromatic heterocycles. The van der Waals surface area contributed by atoms with Crippen molar-refractivity contribution in [1.82, 2.24) is 20.0 Å². The van der Waals surface area contributed by atoms with Crippen molar-refractivity contribution in [2.45, 2.75) is 39.4 Å². The molecule has 0 aromatic carbocycles. The lowest BCUT2D eigenvalue weighted by Gasteiger charge is -2.20. The highest BCUT2D eigenvalue weighted by atomic mass is 15.3. The van der Waals surface area contributed by atoms with Crippen molar-refractivity contribution in [3.05, 3.63) is 18.0 Å². The van der Waals surface area contributed by atoms with Gasteiger partial charge < -0.3 is 10.2 Å². The molecule has 0 fully saturated rings. The van der Waals surface area contributed by atoms with Crippen LogP contribution in [-0.4, -0.2) is 41.4 Å². The van der Waals surface area contributed by atoms with Crippen LogP contribution in [0.15, 0.2) is 12.3 Å². The molecule has 0 aliphatic carbocycles. The van der Waals surface area contributed by atoms with Crippen molar-refractivity contribution in [3.8, 4) is 0 Å². The van der Waals surface area contributed by atoms with E-state index in [1.807, 2.05) is 6.20 Å². The van der Waals surface area contributed by atoms with Crippen LogP contribution in [-0.2, 0) is 13.1 Å². The van der Waals surface area contributed by atoms with Gasteiger partial charge in [-0.25, -0.2) is 0 Å². The Morgan fingerprint density at radius 2 is 2.25 bits per heavy atom. The molecule has 1 atom stereocenters. The van der Waals surface area contributed by atoms with Gasteiger partial charge in [-0.1, -0.05) is 6.92 Å². The summed E-state index contributed by atoms with van der Waals surface area (Å²) in [6, 6.07) is 2.64. The van der Waals surface area contributed by atoms with E-state index in [0.717, 1.165) is 26.1 Å². The second-order valence-electron chi connectivity index (χ2n) is 4.49. The van der Waals surface area contributed by atoms with Gasteiger partial charge in [0, 0.05) is 31.9 Å². The first kappa shape index (κ1) is 13.2. The second kappa shape index (κ2) is 6.66. The molecule has 0 aliphatic rings. The summed E-state index contributed by atoms with van der Waals surface area (Å²) in [6.45, 7) is 7.30. The normalized spacial score (nSPS) is 13.3. The van der Waals surface area contributed by atoms with E-state index < -0.39 is 0 Å². The third-order valence-electron chi connectivity index (χ3n) is 2.87. The first-order chi connectivity index (χ1) is 7.65. The van der Waals surface area contributed by atoms with Crippen molar-refractivity contribution in [1.29, 1.82) is 0 Å². The molecule has 1 heterocycles. The molecule has 0 spiro atoms. The van der Waals surface area contributed by atoms with E-state index in [1.165, 1.54) is 5.69 Å². The van der Waals surface area contributed by atoms with E-state index in [1.54, 1.807) is 0 Å². The molecule has 16 heavy (non-hydrogen) atoms. The molecule has 0 amide bonds. The summed E-state index contributed by atoms with van der Waals surface area (Å²) in [4.78, 5) is 2.22. The number of rotatable bonds is 7. The van der Waals surface area contributed by atoms with Crippen LogP contribution in [0.4, 0.5) is 0 Å². The minimum atomic E-state index is 0.558. The van der Waals surface area contributed by atoms with E-state index in [4.69, 9.17) is 0 Å². The van der Waals surface area contributed by atoms with Crippen LogP contribution in [0.2, 0.25) is 0 Å². The van der Waals surface area contributed by atoms with Crippen molar-refractivity contribution < 1.29 is 0 Å². The lowest BCUT2D eigenvalue weighted by Crippen LogP contribution is -2.35. The highest BCUT2D eigenvalue weighted by Crippen LogP contribution is 2.00. The van der Waals surface area contributed by atoms with Crippen LogP contribution in [0.3, 0.4) is 0 Å². The molecule has 4 nitrogen and oxygen atoms in total. The van der Waals surface area contributed by atoms with Crippen LogP contribution < -0.4 is 5.32 Å². The molecular formula is C12H24N4. The molecule has 92 valence electrons.